The number of halogens is 1. The molecule has 22 heavy (non-hydrogen) atoms. The highest BCUT2D eigenvalue weighted by molar-refractivity contribution is 6.30. The van der Waals surface area contributed by atoms with Gasteiger partial charge in [0.25, 0.3) is 0 Å². The Morgan fingerprint density at radius 2 is 1.95 bits per heavy atom. The second-order valence-electron chi connectivity index (χ2n) is 5.88. The van der Waals surface area contributed by atoms with Crippen LogP contribution >= 0.6 is 11.6 Å². The topological polar surface area (TPSA) is 32.6 Å². The van der Waals surface area contributed by atoms with Crippen LogP contribution in [0.25, 0.3) is 0 Å². The predicted molar refractivity (Wildman–Crippen MR) is 92.3 cm³/mol. The normalized spacial score (nSPS) is 19.2. The van der Waals surface area contributed by atoms with Crippen molar-refractivity contribution in [1.82, 2.24) is 0 Å². The van der Waals surface area contributed by atoms with Gasteiger partial charge in [0, 0.05) is 23.2 Å². The molecule has 1 atom stereocenters. The summed E-state index contributed by atoms with van der Waals surface area (Å²) >= 11 is 5.94. The van der Waals surface area contributed by atoms with Gasteiger partial charge >= 0.3 is 0 Å². The Hall–Kier alpha value is -1.80. The fourth-order valence-electron chi connectivity index (χ4n) is 2.91. The maximum absolute atomic E-state index is 9.57. The van der Waals surface area contributed by atoms with Crippen LogP contribution < -0.4 is 0 Å². The van der Waals surface area contributed by atoms with Crippen molar-refractivity contribution in [3.8, 4) is 5.75 Å². The predicted octanol–water partition coefficient (Wildman–Crippen LogP) is 4.92. The van der Waals surface area contributed by atoms with E-state index in [1.54, 1.807) is 6.07 Å². The summed E-state index contributed by atoms with van der Waals surface area (Å²) in [5, 5.41) is 10.3. The van der Waals surface area contributed by atoms with Crippen molar-refractivity contribution in [1.29, 1.82) is 0 Å². The molecule has 1 unspecified atom stereocenters. The number of phenols is 1. The molecule has 1 saturated carbocycles. The van der Waals surface area contributed by atoms with E-state index in [9.17, 15) is 5.11 Å². The molecule has 2 nitrogen and oxygen atoms in total. The summed E-state index contributed by atoms with van der Waals surface area (Å²) in [6.45, 7) is 2.85. The van der Waals surface area contributed by atoms with Crippen LogP contribution in [0, 0.1) is 6.92 Å². The Morgan fingerprint density at radius 1 is 1.18 bits per heavy atom. The fraction of sp³-hybridized carbons (Fsp3) is 0.316. The van der Waals surface area contributed by atoms with E-state index in [1.165, 1.54) is 28.8 Å². The minimum absolute atomic E-state index is 0.330. The van der Waals surface area contributed by atoms with Gasteiger partial charge in [-0.1, -0.05) is 29.8 Å². The van der Waals surface area contributed by atoms with Gasteiger partial charge in [-0.05, 0) is 67.1 Å². The summed E-state index contributed by atoms with van der Waals surface area (Å²) < 4.78 is 0. The average molecular weight is 314 g/mol. The molecule has 1 fully saturated rings. The molecule has 2 aromatic carbocycles. The molecule has 0 amide bonds. The molecule has 2 aromatic rings. The van der Waals surface area contributed by atoms with Crippen LogP contribution in [0.15, 0.2) is 47.5 Å². The number of aryl methyl sites for hydroxylation is 1. The average Bonchev–Trinajstić information content (AvgIpc) is 2.48. The third kappa shape index (κ3) is 3.33. The number of aliphatic imine (C=N–C) groups is 1. The van der Waals surface area contributed by atoms with Crippen LogP contribution in [0.3, 0.4) is 0 Å². The zero-order valence-corrected chi connectivity index (χ0v) is 13.5. The standard InChI is InChI=1S/C19H20ClNO/c1-13-2-7-17(22)12-15(13)10-11-21-19-9-8-18(19)14-3-5-16(20)6-4-14/h2-7,12,18,22H,8-11H2,1H3/b21-19+. The number of rotatable bonds is 4. The van der Waals surface area contributed by atoms with Crippen LogP contribution in [0.1, 0.15) is 35.4 Å². The van der Waals surface area contributed by atoms with Crippen molar-refractivity contribution in [3.05, 3.63) is 64.2 Å². The third-order valence-corrected chi connectivity index (χ3v) is 4.64. The highest BCUT2D eigenvalue weighted by atomic mass is 35.5. The van der Waals surface area contributed by atoms with Crippen LogP contribution in [0.2, 0.25) is 5.02 Å². The zero-order chi connectivity index (χ0) is 15.5. The Bertz CT molecular complexity index is 691. The lowest BCUT2D eigenvalue weighted by Crippen LogP contribution is -2.24. The van der Waals surface area contributed by atoms with Gasteiger partial charge in [0.15, 0.2) is 0 Å². The van der Waals surface area contributed by atoms with Crippen LogP contribution in [-0.4, -0.2) is 17.4 Å². The lowest BCUT2D eigenvalue weighted by atomic mass is 9.78. The number of hydrogen-bond donors (Lipinski definition) is 1. The van der Waals surface area contributed by atoms with E-state index < -0.39 is 0 Å². The molecule has 3 heteroatoms. The first-order chi connectivity index (χ1) is 10.6. The SMILES string of the molecule is Cc1ccc(O)cc1CC/N=C1\CCC1c1ccc(Cl)cc1. The van der Waals surface area contributed by atoms with Crippen molar-refractivity contribution in [2.45, 2.75) is 32.1 Å². The largest absolute Gasteiger partial charge is 0.508 e. The lowest BCUT2D eigenvalue weighted by Gasteiger charge is -2.29. The van der Waals surface area contributed by atoms with Gasteiger partial charge in [0.05, 0.1) is 0 Å². The first-order valence-corrected chi connectivity index (χ1v) is 8.08. The Balaban J connectivity index is 1.63. The van der Waals surface area contributed by atoms with Crippen molar-refractivity contribution in [2.24, 2.45) is 4.99 Å². The van der Waals surface area contributed by atoms with E-state index in [0.29, 0.717) is 11.7 Å². The molecule has 3 rings (SSSR count). The van der Waals surface area contributed by atoms with Crippen LogP contribution in [-0.2, 0) is 6.42 Å². The van der Waals surface area contributed by atoms with Gasteiger partial charge in [-0.3, -0.25) is 4.99 Å². The minimum atomic E-state index is 0.330. The molecular weight excluding hydrogens is 294 g/mol. The Labute approximate surface area is 136 Å². The van der Waals surface area contributed by atoms with Gasteiger partial charge < -0.3 is 5.11 Å². The van der Waals surface area contributed by atoms with Crippen molar-refractivity contribution >= 4 is 17.3 Å². The summed E-state index contributed by atoms with van der Waals surface area (Å²) in [7, 11) is 0. The van der Waals surface area contributed by atoms with Crippen LogP contribution in [0.5, 0.6) is 5.75 Å². The quantitative estimate of drug-likeness (QED) is 0.854. The zero-order valence-electron chi connectivity index (χ0n) is 12.7. The first-order valence-electron chi connectivity index (χ1n) is 7.70. The number of aromatic hydroxyl groups is 1. The molecule has 0 saturated heterocycles. The summed E-state index contributed by atoms with van der Waals surface area (Å²) in [4.78, 5) is 4.78. The van der Waals surface area contributed by atoms with Gasteiger partial charge in [-0.25, -0.2) is 0 Å². The highest BCUT2D eigenvalue weighted by Crippen LogP contribution is 2.34. The summed E-state index contributed by atoms with van der Waals surface area (Å²) in [6, 6.07) is 13.6. The molecular formula is C19H20ClNO. The van der Waals surface area contributed by atoms with E-state index in [1.807, 2.05) is 24.3 Å². The van der Waals surface area contributed by atoms with E-state index >= 15 is 0 Å². The van der Waals surface area contributed by atoms with E-state index in [2.05, 4.69) is 19.1 Å². The monoisotopic (exact) mass is 313 g/mol. The van der Waals surface area contributed by atoms with Crippen molar-refractivity contribution in [3.63, 3.8) is 0 Å². The van der Waals surface area contributed by atoms with Crippen molar-refractivity contribution in [2.75, 3.05) is 6.54 Å². The Kier molecular flexibility index (Phi) is 4.49. The van der Waals surface area contributed by atoms with Gasteiger partial charge in [-0.15, -0.1) is 0 Å². The maximum atomic E-state index is 9.57. The maximum Gasteiger partial charge on any atom is 0.115 e. The smallest absolute Gasteiger partial charge is 0.115 e. The van der Waals surface area contributed by atoms with Gasteiger partial charge in [0.1, 0.15) is 5.75 Å². The van der Waals surface area contributed by atoms with Crippen LogP contribution in [0.4, 0.5) is 0 Å². The molecule has 0 radical (unpaired) electrons. The number of nitrogens with zero attached hydrogens (tertiary/aromatic N) is 1. The summed E-state index contributed by atoms with van der Waals surface area (Å²) in [5.41, 5.74) is 4.98. The third-order valence-electron chi connectivity index (χ3n) is 4.39. The number of phenolic OH excluding ortho intramolecular Hbond substituents is 1. The second kappa shape index (κ2) is 6.53. The van der Waals surface area contributed by atoms with E-state index in [-0.39, 0.29) is 0 Å². The molecule has 1 aliphatic carbocycles. The molecule has 0 spiro atoms. The molecule has 0 aliphatic heterocycles. The highest BCUT2D eigenvalue weighted by Gasteiger charge is 2.27. The second-order valence-corrected chi connectivity index (χ2v) is 6.31. The summed E-state index contributed by atoms with van der Waals surface area (Å²) in [6.07, 6.45) is 3.13. The lowest BCUT2D eigenvalue weighted by molar-refractivity contribution is 0.474. The van der Waals surface area contributed by atoms with Crippen molar-refractivity contribution < 1.29 is 5.11 Å². The first kappa shape index (κ1) is 15.1. The molecule has 0 bridgehead atoms. The number of hydrogen-bond acceptors (Lipinski definition) is 2. The van der Waals surface area contributed by atoms with Gasteiger partial charge in [-0.2, -0.15) is 0 Å². The Morgan fingerprint density at radius 3 is 2.64 bits per heavy atom. The minimum Gasteiger partial charge on any atom is -0.508 e. The fourth-order valence-corrected chi connectivity index (χ4v) is 3.03. The molecule has 114 valence electrons. The summed E-state index contributed by atoms with van der Waals surface area (Å²) in [5.74, 6) is 0.790. The molecule has 0 heterocycles. The van der Waals surface area contributed by atoms with E-state index in [4.69, 9.17) is 16.6 Å². The molecule has 1 N–H and O–H groups in total. The number of benzene rings is 2. The van der Waals surface area contributed by atoms with E-state index in [0.717, 1.165) is 24.4 Å². The molecule has 1 aliphatic rings. The van der Waals surface area contributed by atoms with Gasteiger partial charge in [0.2, 0.25) is 0 Å². The molecule has 0 aromatic heterocycles.